The summed E-state index contributed by atoms with van der Waals surface area (Å²) in [6.45, 7) is 1.83. The summed E-state index contributed by atoms with van der Waals surface area (Å²) in [5.74, 6) is 0.498. The number of benzene rings is 2. The van der Waals surface area contributed by atoms with Crippen molar-refractivity contribution in [3.05, 3.63) is 89.5 Å². The van der Waals surface area contributed by atoms with E-state index in [4.69, 9.17) is 9.47 Å². The molecule has 1 N–H and O–H groups in total. The molecule has 0 saturated carbocycles. The molecule has 0 radical (unpaired) electrons. The average molecular weight is 407 g/mol. The summed E-state index contributed by atoms with van der Waals surface area (Å²) in [4.78, 5) is 12.6. The molecule has 4 nitrogen and oxygen atoms in total. The maximum Gasteiger partial charge on any atom is 0.338 e. The number of hydrogen-bond acceptors (Lipinski definition) is 4. The van der Waals surface area contributed by atoms with E-state index in [2.05, 4.69) is 12.1 Å². The minimum Gasteiger partial charge on any atom is -0.497 e. The fourth-order valence-electron chi connectivity index (χ4n) is 3.68. The van der Waals surface area contributed by atoms with Crippen LogP contribution in [0.2, 0.25) is 0 Å². The highest BCUT2D eigenvalue weighted by atomic mass is 16.5. The molecule has 0 bridgehead atoms. The van der Waals surface area contributed by atoms with Crippen molar-refractivity contribution in [1.29, 1.82) is 0 Å². The van der Waals surface area contributed by atoms with E-state index in [-0.39, 0.29) is 5.97 Å². The molecule has 2 aromatic rings. The zero-order valence-corrected chi connectivity index (χ0v) is 17.7. The van der Waals surface area contributed by atoms with Gasteiger partial charge >= 0.3 is 5.97 Å². The molecular formula is C26H30O4. The lowest BCUT2D eigenvalue weighted by Gasteiger charge is -2.24. The summed E-state index contributed by atoms with van der Waals surface area (Å²) in [7, 11) is 1.66. The second-order valence-corrected chi connectivity index (χ2v) is 7.87. The van der Waals surface area contributed by atoms with Gasteiger partial charge in [0.15, 0.2) is 0 Å². The fraction of sp³-hybridized carbons (Fsp3) is 0.346. The van der Waals surface area contributed by atoms with Crippen LogP contribution >= 0.6 is 0 Å². The van der Waals surface area contributed by atoms with Gasteiger partial charge in [0.1, 0.15) is 11.9 Å². The number of hydrogen-bond donors (Lipinski definition) is 1. The van der Waals surface area contributed by atoms with Gasteiger partial charge in [-0.15, -0.1) is 0 Å². The standard InChI is InChI=1S/C26H30O4/c1-26(28)17-9-14-22(26)19-24(30-25(27)21-12-4-3-5-13-21)15-7-6-10-20-11-8-16-23(18-20)29-2/h3-5,7-8,11-16,18,24,28H,6,9-10,17,19H2,1-2H3/b15-7+. The van der Waals surface area contributed by atoms with E-state index < -0.39 is 11.7 Å². The molecular weight excluding hydrogens is 376 g/mol. The van der Waals surface area contributed by atoms with Crippen LogP contribution in [-0.2, 0) is 11.2 Å². The first-order valence-electron chi connectivity index (χ1n) is 10.5. The molecule has 0 amide bonds. The summed E-state index contributed by atoms with van der Waals surface area (Å²) in [5, 5.41) is 10.6. The number of methoxy groups -OCH3 is 1. The van der Waals surface area contributed by atoms with Gasteiger partial charge in [-0.25, -0.2) is 4.79 Å². The average Bonchev–Trinajstić information content (AvgIpc) is 3.09. The molecule has 0 heterocycles. The van der Waals surface area contributed by atoms with Crippen molar-refractivity contribution in [2.75, 3.05) is 7.11 Å². The van der Waals surface area contributed by atoms with E-state index >= 15 is 0 Å². The second kappa shape index (κ2) is 10.3. The molecule has 0 spiro atoms. The number of rotatable bonds is 9. The van der Waals surface area contributed by atoms with Gasteiger partial charge < -0.3 is 14.6 Å². The van der Waals surface area contributed by atoms with Crippen molar-refractivity contribution in [1.82, 2.24) is 0 Å². The zero-order chi connectivity index (χ0) is 21.4. The Bertz CT molecular complexity index is 896. The third-order valence-corrected chi connectivity index (χ3v) is 5.49. The smallest absolute Gasteiger partial charge is 0.338 e. The van der Waals surface area contributed by atoms with Crippen molar-refractivity contribution >= 4 is 5.97 Å². The fourth-order valence-corrected chi connectivity index (χ4v) is 3.68. The van der Waals surface area contributed by atoms with Gasteiger partial charge in [-0.1, -0.05) is 42.5 Å². The third-order valence-electron chi connectivity index (χ3n) is 5.49. The van der Waals surface area contributed by atoms with Gasteiger partial charge in [0.2, 0.25) is 0 Å². The molecule has 30 heavy (non-hydrogen) atoms. The molecule has 0 aromatic heterocycles. The molecule has 3 rings (SSSR count). The highest BCUT2D eigenvalue weighted by Gasteiger charge is 2.31. The Hall–Kier alpha value is -2.85. The van der Waals surface area contributed by atoms with Crippen LogP contribution in [0.1, 0.15) is 48.5 Å². The molecule has 4 heteroatoms. The first kappa shape index (κ1) is 21.8. The maximum atomic E-state index is 12.6. The van der Waals surface area contributed by atoms with E-state index in [1.807, 2.05) is 55.5 Å². The van der Waals surface area contributed by atoms with Gasteiger partial charge in [-0.05, 0) is 74.1 Å². The summed E-state index contributed by atoms with van der Waals surface area (Å²) < 4.78 is 11.1. The Morgan fingerprint density at radius 3 is 2.70 bits per heavy atom. The first-order chi connectivity index (χ1) is 14.5. The summed E-state index contributed by atoms with van der Waals surface area (Å²) in [6, 6.07) is 17.0. The van der Waals surface area contributed by atoms with Gasteiger partial charge in [0.05, 0.1) is 18.3 Å². The number of aliphatic hydroxyl groups is 1. The largest absolute Gasteiger partial charge is 0.497 e. The predicted octanol–water partition coefficient (Wildman–Crippen LogP) is 5.27. The third kappa shape index (κ3) is 6.07. The number of allylic oxidation sites excluding steroid dienone is 2. The predicted molar refractivity (Wildman–Crippen MR) is 119 cm³/mol. The number of carbonyl (C=O) groups is 1. The summed E-state index contributed by atoms with van der Waals surface area (Å²) in [6.07, 6.45) is 9.38. The Labute approximate surface area is 178 Å². The molecule has 1 aliphatic rings. The molecule has 0 saturated heterocycles. The van der Waals surface area contributed by atoms with E-state index in [0.29, 0.717) is 18.4 Å². The van der Waals surface area contributed by atoms with Gasteiger partial charge in [-0.3, -0.25) is 0 Å². The molecule has 2 unspecified atom stereocenters. The quantitative estimate of drug-likeness (QED) is 0.455. The molecule has 0 fully saturated rings. The van der Waals surface area contributed by atoms with Crippen LogP contribution in [0.15, 0.2) is 78.4 Å². The normalized spacial score (nSPS) is 19.5. The van der Waals surface area contributed by atoms with E-state index in [1.54, 1.807) is 19.2 Å². The van der Waals surface area contributed by atoms with Crippen molar-refractivity contribution in [3.63, 3.8) is 0 Å². The Morgan fingerprint density at radius 1 is 1.20 bits per heavy atom. The van der Waals surface area contributed by atoms with Crippen molar-refractivity contribution < 1.29 is 19.4 Å². The van der Waals surface area contributed by atoms with Crippen molar-refractivity contribution in [2.24, 2.45) is 0 Å². The van der Waals surface area contributed by atoms with Gasteiger partial charge in [0.25, 0.3) is 0 Å². The summed E-state index contributed by atoms with van der Waals surface area (Å²) in [5.41, 5.74) is 1.83. The highest BCUT2D eigenvalue weighted by Crippen LogP contribution is 2.33. The lowest BCUT2D eigenvalue weighted by atomic mass is 9.93. The molecule has 2 aromatic carbocycles. The van der Waals surface area contributed by atoms with Crippen molar-refractivity contribution in [2.45, 2.75) is 50.7 Å². The van der Waals surface area contributed by atoms with Crippen LogP contribution in [0, 0.1) is 0 Å². The van der Waals surface area contributed by atoms with Crippen LogP contribution < -0.4 is 4.74 Å². The van der Waals surface area contributed by atoms with Crippen LogP contribution in [0.3, 0.4) is 0 Å². The second-order valence-electron chi connectivity index (χ2n) is 7.87. The van der Waals surface area contributed by atoms with Crippen LogP contribution in [0.25, 0.3) is 0 Å². The number of aryl methyl sites for hydroxylation is 1. The number of ether oxygens (including phenoxy) is 2. The lowest BCUT2D eigenvalue weighted by Crippen LogP contribution is -2.27. The lowest BCUT2D eigenvalue weighted by molar-refractivity contribution is 0.0355. The monoisotopic (exact) mass is 406 g/mol. The molecule has 1 aliphatic carbocycles. The molecule has 0 aliphatic heterocycles. The number of carbonyl (C=O) groups excluding carboxylic acids is 1. The van der Waals surface area contributed by atoms with Gasteiger partial charge in [0, 0.05) is 6.42 Å². The maximum absolute atomic E-state index is 12.6. The number of esters is 1. The Morgan fingerprint density at radius 2 is 2.00 bits per heavy atom. The van der Waals surface area contributed by atoms with E-state index in [9.17, 15) is 9.90 Å². The Balaban J connectivity index is 1.65. The molecule has 158 valence electrons. The van der Waals surface area contributed by atoms with E-state index in [0.717, 1.165) is 30.6 Å². The molecule has 2 atom stereocenters. The highest BCUT2D eigenvalue weighted by molar-refractivity contribution is 5.89. The summed E-state index contributed by atoms with van der Waals surface area (Å²) >= 11 is 0. The minimum atomic E-state index is -0.828. The topological polar surface area (TPSA) is 55.8 Å². The SMILES string of the molecule is COc1cccc(CC/C=C/C(CC2=CCCC2(C)O)OC(=O)c2ccccc2)c1. The van der Waals surface area contributed by atoms with Crippen LogP contribution in [0.5, 0.6) is 5.75 Å². The van der Waals surface area contributed by atoms with E-state index in [1.165, 1.54) is 5.56 Å². The van der Waals surface area contributed by atoms with Crippen LogP contribution in [0.4, 0.5) is 0 Å². The first-order valence-corrected chi connectivity index (χ1v) is 10.5. The Kier molecular flexibility index (Phi) is 7.47. The minimum absolute atomic E-state index is 0.351. The van der Waals surface area contributed by atoms with Crippen molar-refractivity contribution in [3.8, 4) is 5.75 Å². The zero-order valence-electron chi connectivity index (χ0n) is 17.7. The van der Waals surface area contributed by atoms with Gasteiger partial charge in [-0.2, -0.15) is 0 Å². The van der Waals surface area contributed by atoms with Crippen LogP contribution in [-0.4, -0.2) is 29.9 Å².